The number of nitrogens with zero attached hydrogens (tertiary/aromatic N) is 2. The smallest absolute Gasteiger partial charge is 0.0135 e. The number of rotatable bonds is 3. The van der Waals surface area contributed by atoms with Gasteiger partial charge in [-0.05, 0) is 31.8 Å². The van der Waals surface area contributed by atoms with E-state index in [-0.39, 0.29) is 0 Å². The molecule has 2 aliphatic heterocycles. The van der Waals surface area contributed by atoms with E-state index in [0.29, 0.717) is 0 Å². The standard InChI is InChI=1S/C11H20N2S/c1-12-6-8-13(9-7-12)5-4-11-3-2-10-14-11/h2,10-11H,3-9H2,1H3. The van der Waals surface area contributed by atoms with E-state index in [1.807, 2.05) is 11.8 Å². The third-order valence-corrected chi connectivity index (χ3v) is 4.29. The minimum Gasteiger partial charge on any atom is -0.304 e. The Labute approximate surface area is 91.3 Å². The van der Waals surface area contributed by atoms with Gasteiger partial charge in [0.15, 0.2) is 0 Å². The second-order valence-electron chi connectivity index (χ2n) is 4.30. The van der Waals surface area contributed by atoms with Gasteiger partial charge in [-0.2, -0.15) is 0 Å². The number of hydrogen-bond acceptors (Lipinski definition) is 3. The van der Waals surface area contributed by atoms with Gasteiger partial charge in [-0.25, -0.2) is 0 Å². The highest BCUT2D eigenvalue weighted by Crippen LogP contribution is 2.26. The van der Waals surface area contributed by atoms with Crippen molar-refractivity contribution in [3.05, 3.63) is 11.5 Å². The summed E-state index contributed by atoms with van der Waals surface area (Å²) in [5.41, 5.74) is 0. The van der Waals surface area contributed by atoms with Gasteiger partial charge in [0.2, 0.25) is 0 Å². The van der Waals surface area contributed by atoms with Crippen molar-refractivity contribution in [2.75, 3.05) is 39.8 Å². The number of thioether (sulfide) groups is 1. The number of piperazine rings is 1. The molecule has 0 aromatic carbocycles. The van der Waals surface area contributed by atoms with Crippen molar-refractivity contribution in [3.63, 3.8) is 0 Å². The lowest BCUT2D eigenvalue weighted by Gasteiger charge is -2.32. The molecule has 2 heterocycles. The Morgan fingerprint density at radius 1 is 1.29 bits per heavy atom. The molecule has 0 amide bonds. The summed E-state index contributed by atoms with van der Waals surface area (Å²) >= 11 is 2.01. The highest BCUT2D eigenvalue weighted by Gasteiger charge is 2.16. The molecular weight excluding hydrogens is 192 g/mol. The van der Waals surface area contributed by atoms with Crippen molar-refractivity contribution in [2.45, 2.75) is 18.1 Å². The fourth-order valence-corrected chi connectivity index (χ4v) is 2.92. The maximum absolute atomic E-state index is 2.61. The predicted octanol–water partition coefficient (Wildman–Crippen LogP) is 1.64. The highest BCUT2D eigenvalue weighted by molar-refractivity contribution is 8.03. The van der Waals surface area contributed by atoms with E-state index >= 15 is 0 Å². The van der Waals surface area contributed by atoms with Crippen molar-refractivity contribution in [3.8, 4) is 0 Å². The van der Waals surface area contributed by atoms with Crippen molar-refractivity contribution in [2.24, 2.45) is 0 Å². The Kier molecular flexibility index (Phi) is 3.90. The normalized spacial score (nSPS) is 29.9. The minimum atomic E-state index is 0.870. The van der Waals surface area contributed by atoms with Gasteiger partial charge in [0.1, 0.15) is 0 Å². The van der Waals surface area contributed by atoms with Crippen LogP contribution in [-0.2, 0) is 0 Å². The number of allylic oxidation sites excluding steroid dienone is 1. The van der Waals surface area contributed by atoms with Crippen LogP contribution in [0.1, 0.15) is 12.8 Å². The van der Waals surface area contributed by atoms with Gasteiger partial charge in [-0.15, -0.1) is 11.8 Å². The summed E-state index contributed by atoms with van der Waals surface area (Å²) in [6.07, 6.45) is 4.96. The Morgan fingerprint density at radius 3 is 2.71 bits per heavy atom. The van der Waals surface area contributed by atoms with Crippen LogP contribution in [0.4, 0.5) is 0 Å². The summed E-state index contributed by atoms with van der Waals surface area (Å²) < 4.78 is 0. The molecule has 80 valence electrons. The van der Waals surface area contributed by atoms with Crippen molar-refractivity contribution < 1.29 is 0 Å². The van der Waals surface area contributed by atoms with E-state index in [1.165, 1.54) is 45.6 Å². The Hall–Kier alpha value is 0.01000. The molecule has 2 rings (SSSR count). The maximum atomic E-state index is 2.61. The molecule has 0 aromatic rings. The third kappa shape index (κ3) is 3.01. The fourth-order valence-electron chi connectivity index (χ4n) is 2.01. The lowest BCUT2D eigenvalue weighted by molar-refractivity contribution is 0.153. The Bertz CT molecular complexity index is 189. The van der Waals surface area contributed by atoms with Gasteiger partial charge in [0.25, 0.3) is 0 Å². The van der Waals surface area contributed by atoms with Gasteiger partial charge in [-0.1, -0.05) is 6.08 Å². The van der Waals surface area contributed by atoms with Crippen molar-refractivity contribution in [1.29, 1.82) is 0 Å². The number of likely N-dealkylation sites (N-methyl/N-ethyl adjacent to an activating group) is 1. The summed E-state index contributed by atoms with van der Waals surface area (Å²) in [5, 5.41) is 3.13. The van der Waals surface area contributed by atoms with Crippen LogP contribution in [0.25, 0.3) is 0 Å². The van der Waals surface area contributed by atoms with E-state index in [0.717, 1.165) is 5.25 Å². The van der Waals surface area contributed by atoms with Crippen LogP contribution >= 0.6 is 11.8 Å². The molecule has 14 heavy (non-hydrogen) atoms. The van der Waals surface area contributed by atoms with Crippen LogP contribution in [-0.4, -0.2) is 54.8 Å². The zero-order chi connectivity index (χ0) is 9.80. The minimum absolute atomic E-state index is 0.870. The molecule has 0 aliphatic carbocycles. The molecular formula is C11H20N2S. The number of hydrogen-bond donors (Lipinski definition) is 0. The topological polar surface area (TPSA) is 6.48 Å². The van der Waals surface area contributed by atoms with Crippen molar-refractivity contribution >= 4 is 11.8 Å². The van der Waals surface area contributed by atoms with Gasteiger partial charge in [-0.3, -0.25) is 0 Å². The molecule has 3 heteroatoms. The molecule has 2 aliphatic rings. The summed E-state index contributed by atoms with van der Waals surface area (Å²) in [5.74, 6) is 0. The van der Waals surface area contributed by atoms with Gasteiger partial charge < -0.3 is 9.80 Å². The van der Waals surface area contributed by atoms with Crippen LogP contribution in [0.15, 0.2) is 11.5 Å². The monoisotopic (exact) mass is 212 g/mol. The molecule has 1 atom stereocenters. The zero-order valence-electron chi connectivity index (χ0n) is 8.98. The molecule has 0 spiro atoms. The fraction of sp³-hybridized carbons (Fsp3) is 0.818. The molecule has 0 bridgehead atoms. The van der Waals surface area contributed by atoms with Gasteiger partial charge >= 0.3 is 0 Å². The Morgan fingerprint density at radius 2 is 2.07 bits per heavy atom. The summed E-state index contributed by atoms with van der Waals surface area (Å²) in [6, 6.07) is 0. The molecule has 0 N–H and O–H groups in total. The molecule has 0 aromatic heterocycles. The second kappa shape index (κ2) is 5.19. The van der Waals surface area contributed by atoms with E-state index in [1.54, 1.807) is 0 Å². The second-order valence-corrected chi connectivity index (χ2v) is 5.51. The molecule has 1 unspecified atom stereocenters. The first-order valence-electron chi connectivity index (χ1n) is 5.56. The highest BCUT2D eigenvalue weighted by atomic mass is 32.2. The van der Waals surface area contributed by atoms with Crippen LogP contribution in [0.2, 0.25) is 0 Å². The van der Waals surface area contributed by atoms with Crippen LogP contribution < -0.4 is 0 Å². The van der Waals surface area contributed by atoms with Crippen LogP contribution in [0.5, 0.6) is 0 Å². The summed E-state index contributed by atoms with van der Waals surface area (Å²) in [6.45, 7) is 6.32. The van der Waals surface area contributed by atoms with E-state index in [9.17, 15) is 0 Å². The molecule has 2 nitrogen and oxygen atoms in total. The predicted molar refractivity (Wildman–Crippen MR) is 63.7 cm³/mol. The van der Waals surface area contributed by atoms with Gasteiger partial charge in [0.05, 0.1) is 0 Å². The SMILES string of the molecule is CN1CCN(CCC2CC=CS2)CC1. The van der Waals surface area contributed by atoms with E-state index < -0.39 is 0 Å². The van der Waals surface area contributed by atoms with E-state index in [2.05, 4.69) is 28.3 Å². The third-order valence-electron chi connectivity index (χ3n) is 3.13. The first kappa shape index (κ1) is 10.5. The van der Waals surface area contributed by atoms with Gasteiger partial charge in [0, 0.05) is 31.4 Å². The quantitative estimate of drug-likeness (QED) is 0.702. The molecule has 1 saturated heterocycles. The largest absolute Gasteiger partial charge is 0.304 e. The lowest BCUT2D eigenvalue weighted by atomic mass is 10.2. The molecule has 1 fully saturated rings. The maximum Gasteiger partial charge on any atom is 0.0135 e. The molecule has 0 saturated carbocycles. The molecule has 0 radical (unpaired) electrons. The summed E-state index contributed by atoms with van der Waals surface area (Å²) in [4.78, 5) is 5.03. The summed E-state index contributed by atoms with van der Waals surface area (Å²) in [7, 11) is 2.22. The van der Waals surface area contributed by atoms with Crippen LogP contribution in [0.3, 0.4) is 0 Å². The average molecular weight is 212 g/mol. The average Bonchev–Trinajstić information content (AvgIpc) is 2.70. The van der Waals surface area contributed by atoms with Crippen LogP contribution in [0, 0.1) is 0 Å². The van der Waals surface area contributed by atoms with E-state index in [4.69, 9.17) is 0 Å². The Balaban J connectivity index is 1.61. The first-order valence-corrected chi connectivity index (χ1v) is 6.50. The lowest BCUT2D eigenvalue weighted by Crippen LogP contribution is -2.45. The van der Waals surface area contributed by atoms with Crippen molar-refractivity contribution in [1.82, 2.24) is 9.80 Å². The first-order chi connectivity index (χ1) is 6.84. The zero-order valence-corrected chi connectivity index (χ0v) is 9.80.